The zero-order valence-corrected chi connectivity index (χ0v) is 10.1. The van der Waals surface area contributed by atoms with E-state index in [1.807, 2.05) is 0 Å². The molecule has 0 spiro atoms. The van der Waals surface area contributed by atoms with Crippen molar-refractivity contribution in [1.29, 1.82) is 0 Å². The summed E-state index contributed by atoms with van der Waals surface area (Å²) in [5.74, 6) is -1.75. The molecule has 2 unspecified atom stereocenters. The van der Waals surface area contributed by atoms with Crippen LogP contribution >= 0.6 is 0 Å². The minimum atomic E-state index is -1.68. The minimum Gasteiger partial charge on any atom is -0.482 e. The third kappa shape index (κ3) is 4.23. The first-order valence-electron chi connectivity index (χ1n) is 5.34. The number of methoxy groups -OCH3 is 1. The molecule has 1 rings (SSSR count). The second kappa shape index (κ2) is 6.72. The van der Waals surface area contributed by atoms with Crippen molar-refractivity contribution in [3.63, 3.8) is 0 Å². The molecule has 0 amide bonds. The summed E-state index contributed by atoms with van der Waals surface area (Å²) in [6.07, 6.45) is -3.11. The molecule has 0 aliphatic carbocycles. The smallest absolute Gasteiger partial charge is 0.341 e. The lowest BCUT2D eigenvalue weighted by molar-refractivity contribution is -0.156. The van der Waals surface area contributed by atoms with Gasteiger partial charge in [0.2, 0.25) is 0 Å². The molecule has 0 saturated carbocycles. The van der Waals surface area contributed by atoms with Crippen LogP contribution in [0.4, 0.5) is 0 Å². The van der Waals surface area contributed by atoms with Crippen LogP contribution in [0.1, 0.15) is 11.7 Å². The van der Waals surface area contributed by atoms with Crippen LogP contribution in [0.15, 0.2) is 24.3 Å². The van der Waals surface area contributed by atoms with Crippen LogP contribution in [0.5, 0.6) is 5.75 Å². The highest BCUT2D eigenvalue weighted by molar-refractivity contribution is 5.75. The third-order valence-electron chi connectivity index (χ3n) is 2.33. The summed E-state index contributed by atoms with van der Waals surface area (Å²) in [6.45, 7) is -0.479. The second-order valence-corrected chi connectivity index (χ2v) is 3.66. The lowest BCUT2D eigenvalue weighted by Gasteiger charge is -2.16. The Hall–Kier alpha value is -2.12. The molecule has 0 aromatic heterocycles. The van der Waals surface area contributed by atoms with E-state index in [1.54, 1.807) is 0 Å². The number of hydrogen-bond donors (Lipinski definition) is 3. The fraction of sp³-hybridized carbons (Fsp3) is 0.333. The van der Waals surface area contributed by atoms with Crippen molar-refractivity contribution in [2.75, 3.05) is 13.7 Å². The van der Waals surface area contributed by atoms with Gasteiger partial charge < -0.3 is 24.8 Å². The lowest BCUT2D eigenvalue weighted by Crippen LogP contribution is -2.28. The van der Waals surface area contributed by atoms with E-state index in [9.17, 15) is 19.8 Å². The van der Waals surface area contributed by atoms with Gasteiger partial charge in [0.25, 0.3) is 0 Å². The van der Waals surface area contributed by atoms with Crippen LogP contribution in [-0.2, 0) is 14.3 Å². The molecule has 0 heterocycles. The maximum Gasteiger partial charge on any atom is 0.341 e. The highest BCUT2D eigenvalue weighted by Gasteiger charge is 2.26. The zero-order valence-electron chi connectivity index (χ0n) is 10.1. The van der Waals surface area contributed by atoms with Gasteiger partial charge in [0.15, 0.2) is 12.7 Å². The van der Waals surface area contributed by atoms with E-state index < -0.39 is 30.8 Å². The third-order valence-corrected chi connectivity index (χ3v) is 2.33. The largest absolute Gasteiger partial charge is 0.482 e. The Morgan fingerprint density at radius 3 is 2.26 bits per heavy atom. The van der Waals surface area contributed by atoms with Crippen molar-refractivity contribution in [3.8, 4) is 5.75 Å². The van der Waals surface area contributed by atoms with Crippen LogP contribution in [0.25, 0.3) is 0 Å². The molecular weight excluding hydrogens is 256 g/mol. The van der Waals surface area contributed by atoms with Crippen LogP contribution in [0.2, 0.25) is 0 Å². The van der Waals surface area contributed by atoms with Gasteiger partial charge in [-0.1, -0.05) is 12.1 Å². The average Bonchev–Trinajstić information content (AvgIpc) is 2.43. The van der Waals surface area contributed by atoms with Gasteiger partial charge >= 0.3 is 11.9 Å². The van der Waals surface area contributed by atoms with E-state index in [0.717, 1.165) is 7.11 Å². The molecule has 0 fully saturated rings. The normalized spacial score (nSPS) is 13.4. The van der Waals surface area contributed by atoms with Crippen molar-refractivity contribution < 1.29 is 34.4 Å². The number of carboxylic acids is 1. The number of carbonyl (C=O) groups excluding carboxylic acids is 1. The molecule has 1 aromatic rings. The number of aliphatic hydroxyl groups is 2. The molecular formula is C12H14O7. The zero-order chi connectivity index (χ0) is 14.4. The molecule has 0 aliphatic heterocycles. The van der Waals surface area contributed by atoms with Crippen LogP contribution in [0.3, 0.4) is 0 Å². The van der Waals surface area contributed by atoms with Gasteiger partial charge in [-0.15, -0.1) is 0 Å². The molecule has 3 N–H and O–H groups in total. The Kier molecular flexibility index (Phi) is 5.28. The van der Waals surface area contributed by atoms with Gasteiger partial charge in [-0.05, 0) is 17.7 Å². The number of carbonyl (C=O) groups is 2. The Balaban J connectivity index is 2.70. The molecule has 2 atom stereocenters. The predicted molar refractivity (Wildman–Crippen MR) is 62.6 cm³/mol. The summed E-state index contributed by atoms with van der Waals surface area (Å²) in [6, 6.07) is 5.67. The Labute approximate surface area is 109 Å². The standard InChI is InChI=1S/C12H14O7/c1-18-12(17)11(16)10(15)7-2-4-8(5-3-7)19-6-9(13)14/h2-5,10-11,15-16H,6H2,1H3,(H,13,14). The van der Waals surface area contributed by atoms with Gasteiger partial charge in [-0.25, -0.2) is 9.59 Å². The van der Waals surface area contributed by atoms with E-state index in [4.69, 9.17) is 9.84 Å². The maximum atomic E-state index is 11.0. The summed E-state index contributed by atoms with van der Waals surface area (Å²) >= 11 is 0. The Morgan fingerprint density at radius 2 is 1.79 bits per heavy atom. The molecule has 0 radical (unpaired) electrons. The predicted octanol–water partition coefficient (Wildman–Crippen LogP) is -0.283. The van der Waals surface area contributed by atoms with E-state index >= 15 is 0 Å². The van der Waals surface area contributed by atoms with Gasteiger partial charge in [0, 0.05) is 0 Å². The summed E-state index contributed by atoms with van der Waals surface area (Å²) < 4.78 is 9.20. The van der Waals surface area contributed by atoms with Gasteiger partial charge in [-0.3, -0.25) is 0 Å². The quantitative estimate of drug-likeness (QED) is 0.609. The number of esters is 1. The summed E-state index contributed by atoms with van der Waals surface area (Å²) in [7, 11) is 1.10. The van der Waals surface area contributed by atoms with Gasteiger partial charge in [-0.2, -0.15) is 0 Å². The monoisotopic (exact) mass is 270 g/mol. The summed E-state index contributed by atoms with van der Waals surface area (Å²) in [5.41, 5.74) is 0.278. The molecule has 19 heavy (non-hydrogen) atoms. The van der Waals surface area contributed by atoms with Crippen LogP contribution in [0, 0.1) is 0 Å². The Morgan fingerprint density at radius 1 is 1.21 bits per heavy atom. The van der Waals surface area contributed by atoms with Crippen molar-refractivity contribution in [2.24, 2.45) is 0 Å². The molecule has 0 saturated heterocycles. The number of carboxylic acid groups (broad SMARTS) is 1. The Bertz CT molecular complexity index is 440. The van der Waals surface area contributed by atoms with Crippen molar-refractivity contribution in [3.05, 3.63) is 29.8 Å². The molecule has 0 aliphatic rings. The summed E-state index contributed by atoms with van der Waals surface area (Å²) in [5, 5.41) is 27.6. The first kappa shape index (κ1) is 14.9. The topological polar surface area (TPSA) is 113 Å². The number of ether oxygens (including phenoxy) is 2. The van der Waals surface area contributed by atoms with Gasteiger partial charge in [0.1, 0.15) is 11.9 Å². The SMILES string of the molecule is COC(=O)C(O)C(O)c1ccc(OCC(=O)O)cc1. The van der Waals surface area contributed by atoms with E-state index in [0.29, 0.717) is 5.75 Å². The van der Waals surface area contributed by atoms with Gasteiger partial charge in [0.05, 0.1) is 7.11 Å². The number of benzene rings is 1. The molecule has 104 valence electrons. The molecule has 7 nitrogen and oxygen atoms in total. The number of aliphatic hydroxyl groups excluding tert-OH is 2. The van der Waals surface area contributed by atoms with Crippen LogP contribution < -0.4 is 4.74 Å². The number of rotatable bonds is 6. The van der Waals surface area contributed by atoms with Crippen molar-refractivity contribution in [1.82, 2.24) is 0 Å². The number of aliphatic carboxylic acids is 1. The highest BCUT2D eigenvalue weighted by Crippen LogP contribution is 2.21. The lowest BCUT2D eigenvalue weighted by atomic mass is 10.0. The first-order valence-corrected chi connectivity index (χ1v) is 5.34. The molecule has 1 aromatic carbocycles. The van der Waals surface area contributed by atoms with E-state index in [-0.39, 0.29) is 5.56 Å². The maximum absolute atomic E-state index is 11.0. The average molecular weight is 270 g/mol. The van der Waals surface area contributed by atoms with Crippen molar-refractivity contribution >= 4 is 11.9 Å². The second-order valence-electron chi connectivity index (χ2n) is 3.66. The van der Waals surface area contributed by atoms with Crippen LogP contribution in [-0.4, -0.2) is 47.1 Å². The fourth-order valence-corrected chi connectivity index (χ4v) is 1.34. The molecule has 0 bridgehead atoms. The van der Waals surface area contributed by atoms with E-state index in [1.165, 1.54) is 24.3 Å². The fourth-order valence-electron chi connectivity index (χ4n) is 1.34. The van der Waals surface area contributed by atoms with Crippen molar-refractivity contribution in [2.45, 2.75) is 12.2 Å². The highest BCUT2D eigenvalue weighted by atomic mass is 16.5. The van der Waals surface area contributed by atoms with E-state index in [2.05, 4.69) is 4.74 Å². The minimum absolute atomic E-state index is 0.278. The number of hydrogen-bond acceptors (Lipinski definition) is 6. The molecule has 7 heteroatoms. The summed E-state index contributed by atoms with van der Waals surface area (Å²) in [4.78, 5) is 21.3. The first-order chi connectivity index (χ1) is 8.95.